The fourth-order valence-corrected chi connectivity index (χ4v) is 4.53. The van der Waals surface area contributed by atoms with Crippen molar-refractivity contribution >= 4 is 5.78 Å². The molecule has 1 heterocycles. The molecule has 3 nitrogen and oxygen atoms in total. The van der Waals surface area contributed by atoms with Gasteiger partial charge in [-0.15, -0.1) is 0 Å². The highest BCUT2D eigenvalue weighted by Gasteiger charge is 2.64. The summed E-state index contributed by atoms with van der Waals surface area (Å²) in [5.74, 6) is 1.05. The Bertz CT molecular complexity index is 476. The number of Topliss-reactive ketones (excluding diaryl/α,β-unsaturated/α-hetero) is 1. The molecular formula is C14H16O3. The predicted octanol–water partition coefficient (Wildman–Crippen LogP) is 1.58. The van der Waals surface area contributed by atoms with Gasteiger partial charge < -0.3 is 9.84 Å². The van der Waals surface area contributed by atoms with Gasteiger partial charge in [0.25, 0.3) is 0 Å². The van der Waals surface area contributed by atoms with Crippen LogP contribution in [0.1, 0.15) is 26.2 Å². The van der Waals surface area contributed by atoms with Gasteiger partial charge in [0.05, 0.1) is 6.26 Å². The van der Waals surface area contributed by atoms with Crippen LogP contribution < -0.4 is 0 Å². The van der Waals surface area contributed by atoms with Gasteiger partial charge in [-0.3, -0.25) is 4.79 Å². The van der Waals surface area contributed by atoms with Gasteiger partial charge >= 0.3 is 0 Å². The maximum absolute atomic E-state index is 11.7. The van der Waals surface area contributed by atoms with Crippen molar-refractivity contribution in [3.05, 3.63) is 23.5 Å². The Labute approximate surface area is 100 Å². The Morgan fingerprint density at radius 1 is 1.53 bits per heavy atom. The molecule has 2 saturated carbocycles. The second-order valence-electron chi connectivity index (χ2n) is 5.94. The van der Waals surface area contributed by atoms with Gasteiger partial charge in [0.15, 0.2) is 5.78 Å². The molecule has 5 atom stereocenters. The molecule has 0 unspecified atom stereocenters. The molecule has 0 aromatic heterocycles. The first-order chi connectivity index (χ1) is 8.11. The minimum absolute atomic E-state index is 0.0755. The molecule has 1 aliphatic heterocycles. The van der Waals surface area contributed by atoms with Crippen molar-refractivity contribution in [2.24, 2.45) is 17.8 Å². The molecule has 0 spiro atoms. The van der Waals surface area contributed by atoms with Gasteiger partial charge in [-0.2, -0.15) is 0 Å². The van der Waals surface area contributed by atoms with E-state index in [2.05, 4.69) is 6.08 Å². The first-order valence-corrected chi connectivity index (χ1v) is 6.39. The largest absolute Gasteiger partial charge is 0.495 e. The number of hydrogen-bond donors (Lipinski definition) is 1. The zero-order chi connectivity index (χ0) is 11.8. The number of allylic oxidation sites excluding steroid dienone is 1. The number of ketones is 1. The molecule has 1 N–H and O–H groups in total. The molecule has 0 aromatic rings. The number of carbonyl (C=O) groups is 1. The summed E-state index contributed by atoms with van der Waals surface area (Å²) in [5.41, 5.74) is 1.43. The van der Waals surface area contributed by atoms with E-state index in [-0.39, 0.29) is 23.7 Å². The highest BCUT2D eigenvalue weighted by Crippen LogP contribution is 2.60. The molecule has 0 saturated heterocycles. The summed E-state index contributed by atoms with van der Waals surface area (Å²) in [4.78, 5) is 11.7. The van der Waals surface area contributed by atoms with E-state index in [4.69, 9.17) is 4.74 Å². The summed E-state index contributed by atoms with van der Waals surface area (Å²) >= 11 is 0. The van der Waals surface area contributed by atoms with Crippen LogP contribution >= 0.6 is 0 Å². The van der Waals surface area contributed by atoms with E-state index in [1.54, 1.807) is 6.26 Å². The van der Waals surface area contributed by atoms with Gasteiger partial charge in [-0.1, -0.05) is 5.57 Å². The van der Waals surface area contributed by atoms with Crippen molar-refractivity contribution in [2.45, 2.75) is 37.9 Å². The molecule has 0 radical (unpaired) electrons. The normalized spacial score (nSPS) is 50.6. The van der Waals surface area contributed by atoms with Crippen LogP contribution in [0.15, 0.2) is 23.5 Å². The number of fused-ring (bicyclic) bond motifs is 5. The topological polar surface area (TPSA) is 46.5 Å². The van der Waals surface area contributed by atoms with Crippen LogP contribution in [0.2, 0.25) is 0 Å². The lowest BCUT2D eigenvalue weighted by atomic mass is 9.89. The number of ether oxygens (including phenoxy) is 1. The average molecular weight is 232 g/mol. The molecule has 4 rings (SSSR count). The van der Waals surface area contributed by atoms with Gasteiger partial charge in [-0.05, 0) is 37.3 Å². The van der Waals surface area contributed by atoms with Crippen LogP contribution in [0.3, 0.4) is 0 Å². The van der Waals surface area contributed by atoms with E-state index in [1.165, 1.54) is 5.57 Å². The van der Waals surface area contributed by atoms with Crippen molar-refractivity contribution in [1.82, 2.24) is 0 Å². The van der Waals surface area contributed by atoms with E-state index < -0.39 is 5.60 Å². The first-order valence-electron chi connectivity index (χ1n) is 6.39. The van der Waals surface area contributed by atoms with E-state index in [1.807, 2.05) is 6.92 Å². The summed E-state index contributed by atoms with van der Waals surface area (Å²) in [5, 5.41) is 10.9. The van der Waals surface area contributed by atoms with Crippen LogP contribution in [-0.2, 0) is 9.53 Å². The monoisotopic (exact) mass is 232 g/mol. The Kier molecular flexibility index (Phi) is 1.65. The maximum Gasteiger partial charge on any atom is 0.159 e. The third-order valence-electron chi connectivity index (χ3n) is 5.22. The lowest BCUT2D eigenvalue weighted by molar-refractivity contribution is -0.116. The molecule has 2 fully saturated rings. The van der Waals surface area contributed by atoms with Crippen LogP contribution in [0.4, 0.5) is 0 Å². The minimum atomic E-state index is -0.726. The highest BCUT2D eigenvalue weighted by molar-refractivity contribution is 5.99. The Morgan fingerprint density at radius 3 is 3.18 bits per heavy atom. The SMILES string of the molecule is CC1=C2[C@@H](CC1=O)C[C@@]1(O)[C@@H]2C[C@@H]2C=CO[C@@H]21. The second kappa shape index (κ2) is 2.83. The second-order valence-corrected chi connectivity index (χ2v) is 5.94. The molecule has 3 aliphatic carbocycles. The number of carbonyl (C=O) groups excluding carboxylic acids is 1. The van der Waals surface area contributed by atoms with Gasteiger partial charge in [0.1, 0.15) is 11.7 Å². The molecule has 90 valence electrons. The van der Waals surface area contributed by atoms with Gasteiger partial charge in [0, 0.05) is 18.3 Å². The fourth-order valence-electron chi connectivity index (χ4n) is 4.53. The number of rotatable bonds is 0. The van der Waals surface area contributed by atoms with E-state index in [9.17, 15) is 9.90 Å². The van der Waals surface area contributed by atoms with Crippen molar-refractivity contribution in [2.75, 3.05) is 0 Å². The number of aliphatic hydroxyl groups is 1. The summed E-state index contributed by atoms with van der Waals surface area (Å²) in [6.45, 7) is 1.92. The fraction of sp³-hybridized carbons (Fsp3) is 0.643. The summed E-state index contributed by atoms with van der Waals surface area (Å²) in [6.07, 6.45) is 5.96. The van der Waals surface area contributed by atoms with Crippen molar-refractivity contribution < 1.29 is 14.6 Å². The third-order valence-corrected chi connectivity index (χ3v) is 5.22. The molecule has 0 bridgehead atoms. The summed E-state index contributed by atoms with van der Waals surface area (Å²) in [7, 11) is 0. The van der Waals surface area contributed by atoms with Crippen molar-refractivity contribution in [3.63, 3.8) is 0 Å². The first kappa shape index (κ1) is 9.89. The van der Waals surface area contributed by atoms with E-state index >= 15 is 0 Å². The lowest BCUT2D eigenvalue weighted by Crippen LogP contribution is -2.41. The Morgan fingerprint density at radius 2 is 2.35 bits per heavy atom. The summed E-state index contributed by atoms with van der Waals surface area (Å²) < 4.78 is 5.58. The van der Waals surface area contributed by atoms with E-state index in [0.29, 0.717) is 18.8 Å². The molecule has 0 aromatic carbocycles. The Balaban J connectivity index is 1.81. The van der Waals surface area contributed by atoms with Crippen LogP contribution in [-0.4, -0.2) is 22.6 Å². The van der Waals surface area contributed by atoms with E-state index in [0.717, 1.165) is 12.0 Å². The van der Waals surface area contributed by atoms with Crippen molar-refractivity contribution in [3.8, 4) is 0 Å². The van der Waals surface area contributed by atoms with Crippen LogP contribution in [0.5, 0.6) is 0 Å². The van der Waals surface area contributed by atoms with Crippen LogP contribution in [0, 0.1) is 17.8 Å². The van der Waals surface area contributed by atoms with Crippen molar-refractivity contribution in [1.29, 1.82) is 0 Å². The molecular weight excluding hydrogens is 216 g/mol. The minimum Gasteiger partial charge on any atom is -0.495 e. The summed E-state index contributed by atoms with van der Waals surface area (Å²) in [6, 6.07) is 0. The maximum atomic E-state index is 11.7. The zero-order valence-electron chi connectivity index (χ0n) is 9.85. The smallest absolute Gasteiger partial charge is 0.159 e. The van der Waals surface area contributed by atoms with Crippen LogP contribution in [0.25, 0.3) is 0 Å². The standard InChI is InChI=1S/C14H16O3/c1-7-11(15)5-9-6-14(16)10(12(7)9)4-8-2-3-17-13(8)14/h2-3,8-10,13,16H,4-6H2,1H3/t8-,9-,10+,13-,14+/m0/s1. The number of hydrogen-bond acceptors (Lipinski definition) is 3. The van der Waals surface area contributed by atoms with Gasteiger partial charge in [-0.25, -0.2) is 0 Å². The third kappa shape index (κ3) is 0.998. The average Bonchev–Trinajstić information content (AvgIpc) is 2.93. The highest BCUT2D eigenvalue weighted by atomic mass is 16.5. The quantitative estimate of drug-likeness (QED) is 0.689. The zero-order valence-corrected chi connectivity index (χ0v) is 9.85. The Hall–Kier alpha value is -1.09. The lowest BCUT2D eigenvalue weighted by Gasteiger charge is -2.29. The molecule has 0 amide bonds. The van der Waals surface area contributed by atoms with Gasteiger partial charge in [0.2, 0.25) is 0 Å². The predicted molar refractivity (Wildman–Crippen MR) is 61.0 cm³/mol. The molecule has 17 heavy (non-hydrogen) atoms. The molecule has 3 heteroatoms. The molecule has 4 aliphatic rings.